The first-order chi connectivity index (χ1) is 15.0. The van der Waals surface area contributed by atoms with Crippen molar-refractivity contribution in [1.29, 1.82) is 0 Å². The fraction of sp³-hybridized carbons (Fsp3) is 0.885. The third-order valence-corrected chi connectivity index (χ3v) is 5.09. The molecule has 0 aromatic carbocycles. The monoisotopic (exact) mass is 600 g/mol. The number of hydrogen-bond donors (Lipinski definition) is 3. The molecule has 0 radical (unpaired) electrons. The number of aliphatic carboxylic acids is 3. The number of carbonyl (C=O) groups is 3. The summed E-state index contributed by atoms with van der Waals surface area (Å²) in [6, 6.07) is 0. The number of carboxylic acids is 3. The zero-order chi connectivity index (χ0) is 25.4. The van der Waals surface area contributed by atoms with Crippen LogP contribution in [0.1, 0.15) is 131 Å². The van der Waals surface area contributed by atoms with E-state index in [1.807, 2.05) is 6.92 Å². The molecule has 0 bridgehead atoms. The Morgan fingerprint density at radius 1 is 0.606 bits per heavy atom. The van der Waals surface area contributed by atoms with Gasteiger partial charge in [-0.05, 0) is 37.5 Å². The van der Waals surface area contributed by atoms with Crippen molar-refractivity contribution in [3.8, 4) is 0 Å². The van der Waals surface area contributed by atoms with Crippen LogP contribution in [0.4, 0.5) is 0 Å². The zero-order valence-electron chi connectivity index (χ0n) is 22.2. The summed E-state index contributed by atoms with van der Waals surface area (Å²) in [6.45, 7) is 12.7. The van der Waals surface area contributed by atoms with Crippen LogP contribution in [0, 0.1) is 59.5 Å². The van der Waals surface area contributed by atoms with Gasteiger partial charge in [-0.15, -0.1) is 0 Å². The van der Waals surface area contributed by atoms with Gasteiger partial charge < -0.3 is 15.3 Å². The molecule has 0 spiro atoms. The summed E-state index contributed by atoms with van der Waals surface area (Å²) >= 11 is 0. The van der Waals surface area contributed by atoms with Gasteiger partial charge in [-0.2, -0.15) is 0 Å². The molecule has 0 aliphatic heterocycles. The first-order valence-electron chi connectivity index (χ1n) is 12.6. The summed E-state index contributed by atoms with van der Waals surface area (Å²) in [5.74, 6) is -0.614. The van der Waals surface area contributed by atoms with Crippen LogP contribution in [0.2, 0.25) is 0 Å². The van der Waals surface area contributed by atoms with E-state index >= 15 is 0 Å². The Bertz CT molecular complexity index is 452. The Morgan fingerprint density at radius 3 is 1.33 bits per heavy atom. The Labute approximate surface area is 237 Å². The number of carboxylic acid groups (broad SMARTS) is 3. The van der Waals surface area contributed by atoms with Gasteiger partial charge in [0.1, 0.15) is 0 Å². The molecule has 33 heavy (non-hydrogen) atoms. The van der Waals surface area contributed by atoms with Crippen LogP contribution in [-0.4, -0.2) is 33.2 Å². The molecule has 0 fully saturated rings. The number of rotatable bonds is 17. The molecule has 1 unspecified atom stereocenters. The van der Waals surface area contributed by atoms with Gasteiger partial charge >= 0.3 is 17.9 Å². The Hall–Kier alpha value is -0.213. The van der Waals surface area contributed by atoms with E-state index in [1.165, 1.54) is 19.3 Å². The summed E-state index contributed by atoms with van der Waals surface area (Å²) in [6.07, 6.45) is 13.0. The van der Waals surface area contributed by atoms with E-state index in [2.05, 4.69) is 34.6 Å². The second-order valence-corrected chi connectivity index (χ2v) is 9.36. The van der Waals surface area contributed by atoms with Crippen LogP contribution in [0.3, 0.4) is 0 Å². The number of unbranched alkanes of at least 4 members (excludes halogenated alkanes) is 5. The average molecular weight is 601 g/mol. The molecule has 7 heteroatoms. The summed E-state index contributed by atoms with van der Waals surface area (Å²) in [4.78, 5) is 30.6. The summed E-state index contributed by atoms with van der Waals surface area (Å²) in [7, 11) is 0. The largest absolute Gasteiger partial charge is 0.481 e. The predicted octanol–water partition coefficient (Wildman–Crippen LogP) is 7.64. The fourth-order valence-electron chi connectivity index (χ4n) is 2.96. The Morgan fingerprint density at radius 2 is 1.00 bits per heavy atom. The minimum absolute atomic E-state index is 0. The van der Waals surface area contributed by atoms with Crippen LogP contribution >= 0.6 is 0 Å². The molecule has 0 amide bonds. The van der Waals surface area contributed by atoms with Crippen molar-refractivity contribution < 1.29 is 71.5 Å². The molecule has 1 atom stereocenters. The molecular weight excluding hydrogens is 548 g/mol. The van der Waals surface area contributed by atoms with E-state index < -0.39 is 17.9 Å². The molecular formula is C26H52CeO6. The maximum atomic E-state index is 10.4. The summed E-state index contributed by atoms with van der Waals surface area (Å²) in [5.41, 5.74) is 0. The average Bonchev–Trinajstić information content (AvgIpc) is 2.68. The molecule has 0 rings (SSSR count). The molecule has 6 nitrogen and oxygen atoms in total. The van der Waals surface area contributed by atoms with Crippen molar-refractivity contribution >= 4 is 17.9 Å². The van der Waals surface area contributed by atoms with Gasteiger partial charge in [0.25, 0.3) is 0 Å². The smallest absolute Gasteiger partial charge is 0.306 e. The molecule has 0 aromatic heterocycles. The van der Waals surface area contributed by atoms with Crippen LogP contribution in [0.5, 0.6) is 0 Å². The standard InChI is InChI=1S/C10H20O2.2C8H16O2.Ce/c1-9(2)7-5-3-4-6-8-10(11)12;1-7(2)5-3-4-6-8(9)10;1-3-5-6-7(4-2)8(9)10;/h9H,3-8H2,1-2H3,(H,11,12);2*7H,3-6H2,1-2H3,(H,9,10);. The third kappa shape index (κ3) is 42.4. The normalized spacial score (nSPS) is 10.9. The van der Waals surface area contributed by atoms with Crippen molar-refractivity contribution in [2.24, 2.45) is 17.8 Å². The molecule has 0 saturated heterocycles. The maximum absolute atomic E-state index is 10.4. The van der Waals surface area contributed by atoms with Crippen molar-refractivity contribution in [3.05, 3.63) is 0 Å². The fourth-order valence-corrected chi connectivity index (χ4v) is 2.96. The van der Waals surface area contributed by atoms with Crippen LogP contribution in [0.15, 0.2) is 0 Å². The predicted molar refractivity (Wildman–Crippen MR) is 132 cm³/mol. The van der Waals surface area contributed by atoms with E-state index in [0.29, 0.717) is 18.8 Å². The van der Waals surface area contributed by atoms with Gasteiger partial charge in [0.15, 0.2) is 0 Å². The van der Waals surface area contributed by atoms with Gasteiger partial charge in [-0.3, -0.25) is 14.4 Å². The van der Waals surface area contributed by atoms with Crippen molar-refractivity contribution in [3.63, 3.8) is 0 Å². The van der Waals surface area contributed by atoms with Crippen molar-refractivity contribution in [2.45, 2.75) is 131 Å². The first kappa shape index (κ1) is 40.0. The Balaban J connectivity index is -0.000000189. The molecule has 0 saturated carbocycles. The van der Waals surface area contributed by atoms with Gasteiger partial charge in [0.05, 0.1) is 5.92 Å². The van der Waals surface area contributed by atoms with Gasteiger partial charge in [0.2, 0.25) is 0 Å². The SMILES string of the molecule is CC(C)CCCCC(=O)O.CC(C)CCCCCCC(=O)O.CCCCC(CC)C(=O)O.[Ce]. The van der Waals surface area contributed by atoms with Crippen molar-refractivity contribution in [2.75, 3.05) is 0 Å². The van der Waals surface area contributed by atoms with Crippen LogP contribution < -0.4 is 0 Å². The Kier molecular flexibility index (Phi) is 36.1. The molecule has 196 valence electrons. The minimum atomic E-state index is -0.677. The summed E-state index contributed by atoms with van der Waals surface area (Å²) in [5, 5.41) is 25.2. The third-order valence-electron chi connectivity index (χ3n) is 5.09. The van der Waals surface area contributed by atoms with Gasteiger partial charge in [0, 0.05) is 54.6 Å². The molecule has 0 heterocycles. The molecule has 0 aliphatic rings. The molecule has 0 aliphatic carbocycles. The van der Waals surface area contributed by atoms with Gasteiger partial charge in [-0.1, -0.05) is 92.9 Å². The quantitative estimate of drug-likeness (QED) is 0.148. The van der Waals surface area contributed by atoms with E-state index in [1.54, 1.807) is 0 Å². The van der Waals surface area contributed by atoms with Gasteiger partial charge in [-0.25, -0.2) is 0 Å². The van der Waals surface area contributed by atoms with E-state index in [-0.39, 0.29) is 47.7 Å². The van der Waals surface area contributed by atoms with E-state index in [4.69, 9.17) is 15.3 Å². The number of hydrogen-bond acceptors (Lipinski definition) is 3. The van der Waals surface area contributed by atoms with Crippen molar-refractivity contribution in [1.82, 2.24) is 0 Å². The second-order valence-electron chi connectivity index (χ2n) is 9.36. The second kappa shape index (κ2) is 29.8. The van der Waals surface area contributed by atoms with E-state index in [9.17, 15) is 14.4 Å². The first-order valence-corrected chi connectivity index (χ1v) is 12.6. The van der Waals surface area contributed by atoms with E-state index in [0.717, 1.165) is 63.7 Å². The van der Waals surface area contributed by atoms with Crippen LogP contribution in [0.25, 0.3) is 0 Å². The van der Waals surface area contributed by atoms with Crippen LogP contribution in [-0.2, 0) is 14.4 Å². The zero-order valence-corrected chi connectivity index (χ0v) is 25.3. The minimum Gasteiger partial charge on any atom is -0.481 e. The molecule has 3 N–H and O–H groups in total. The molecule has 0 aromatic rings. The summed E-state index contributed by atoms with van der Waals surface area (Å²) < 4.78 is 0. The topological polar surface area (TPSA) is 112 Å². The maximum Gasteiger partial charge on any atom is 0.306 e.